The summed E-state index contributed by atoms with van der Waals surface area (Å²) in [6.07, 6.45) is 1.62. The van der Waals surface area contributed by atoms with Crippen molar-refractivity contribution >= 4 is 45.5 Å². The van der Waals surface area contributed by atoms with E-state index < -0.39 is 10.0 Å². The summed E-state index contributed by atoms with van der Waals surface area (Å²) >= 11 is 0. The van der Waals surface area contributed by atoms with E-state index in [-0.39, 0.29) is 22.7 Å². The lowest BCUT2D eigenvalue weighted by Gasteiger charge is -2.10. The molecule has 0 saturated carbocycles. The van der Waals surface area contributed by atoms with Gasteiger partial charge in [-0.15, -0.1) is 0 Å². The van der Waals surface area contributed by atoms with Crippen LogP contribution in [0, 0.1) is 0 Å². The highest BCUT2D eigenvalue weighted by Crippen LogP contribution is 2.20. The number of benzene rings is 3. The van der Waals surface area contributed by atoms with Gasteiger partial charge in [-0.3, -0.25) is 0 Å². The van der Waals surface area contributed by atoms with Crippen LogP contribution in [0.4, 0.5) is 29.2 Å². The fourth-order valence-electron chi connectivity index (χ4n) is 2.90. The molecule has 11 nitrogen and oxygen atoms in total. The molecule has 0 unspecified atom stereocenters. The van der Waals surface area contributed by atoms with Gasteiger partial charge in [0.05, 0.1) is 18.2 Å². The molecule has 0 spiro atoms. The van der Waals surface area contributed by atoms with Gasteiger partial charge in [0.2, 0.25) is 27.9 Å². The molecule has 3 aromatic carbocycles. The molecule has 1 aromatic heterocycles. The third-order valence-electron chi connectivity index (χ3n) is 4.60. The monoisotopic (exact) mass is 490 g/mol. The molecule has 4 rings (SSSR count). The highest BCUT2D eigenvalue weighted by Gasteiger charge is 2.10. The molecule has 1 heterocycles. The molecule has 12 heteroatoms. The summed E-state index contributed by atoms with van der Waals surface area (Å²) in [5, 5.41) is 15.5. The van der Waals surface area contributed by atoms with Crippen molar-refractivity contribution in [1.29, 1.82) is 0 Å². The number of anilines is 5. The second-order valence-electron chi connectivity index (χ2n) is 7.13. The zero-order valence-corrected chi connectivity index (χ0v) is 19.4. The van der Waals surface area contributed by atoms with Gasteiger partial charge in [-0.1, -0.05) is 18.2 Å². The Morgan fingerprint density at radius 3 is 1.94 bits per heavy atom. The van der Waals surface area contributed by atoms with E-state index in [2.05, 4.69) is 36.1 Å². The Kier molecular flexibility index (Phi) is 7.14. The molecule has 0 radical (unpaired) electrons. The van der Waals surface area contributed by atoms with Crippen LogP contribution in [0.3, 0.4) is 0 Å². The molecule has 0 aliphatic carbocycles. The van der Waals surface area contributed by atoms with Gasteiger partial charge in [0.1, 0.15) is 5.75 Å². The number of ether oxygens (including phenoxy) is 1. The number of rotatable bonds is 9. The van der Waals surface area contributed by atoms with Crippen LogP contribution in [-0.2, 0) is 10.0 Å². The zero-order valence-electron chi connectivity index (χ0n) is 18.6. The molecule has 178 valence electrons. The molecule has 0 fully saturated rings. The number of aromatic nitrogens is 3. The van der Waals surface area contributed by atoms with Crippen LogP contribution in [0.15, 0.2) is 88.9 Å². The fraction of sp³-hybridized carbons (Fsp3) is 0.0435. The van der Waals surface area contributed by atoms with Gasteiger partial charge >= 0.3 is 0 Å². The molecule has 35 heavy (non-hydrogen) atoms. The molecule has 0 bridgehead atoms. The van der Waals surface area contributed by atoms with Crippen molar-refractivity contribution in [2.24, 2.45) is 10.2 Å². The first kappa shape index (κ1) is 23.6. The van der Waals surface area contributed by atoms with E-state index >= 15 is 0 Å². The van der Waals surface area contributed by atoms with Crippen LogP contribution in [-0.4, -0.2) is 36.7 Å². The summed E-state index contributed by atoms with van der Waals surface area (Å²) in [7, 11) is -2.19. The molecule has 5 N–H and O–H groups in total. The van der Waals surface area contributed by atoms with Crippen molar-refractivity contribution in [1.82, 2.24) is 15.0 Å². The number of methoxy groups -OCH3 is 1. The molecule has 4 aromatic rings. The van der Waals surface area contributed by atoms with Gasteiger partial charge in [0, 0.05) is 11.4 Å². The number of hydrazone groups is 1. The Hall–Kier alpha value is -4.55. The first-order valence-corrected chi connectivity index (χ1v) is 11.8. The number of para-hydroxylation sites is 1. The smallest absolute Gasteiger partial charge is 0.250 e. The number of hydrogen-bond acceptors (Lipinski definition) is 10. The number of sulfonamides is 1. The first-order chi connectivity index (χ1) is 16.9. The summed E-state index contributed by atoms with van der Waals surface area (Å²) in [5.41, 5.74) is 5.00. The number of primary sulfonamides is 1. The number of nitrogens with zero attached hydrogens (tertiary/aromatic N) is 4. The van der Waals surface area contributed by atoms with Crippen LogP contribution in [0.5, 0.6) is 5.75 Å². The lowest BCUT2D eigenvalue weighted by Crippen LogP contribution is -2.12. The minimum Gasteiger partial charge on any atom is -0.497 e. The summed E-state index contributed by atoms with van der Waals surface area (Å²) in [5.74, 6) is 1.42. The Balaban J connectivity index is 1.56. The maximum absolute atomic E-state index is 11.5. The molecule has 0 aliphatic heterocycles. The van der Waals surface area contributed by atoms with Crippen molar-refractivity contribution in [2.45, 2.75) is 4.90 Å². The van der Waals surface area contributed by atoms with Crippen molar-refractivity contribution in [3.63, 3.8) is 0 Å². The molecular formula is C23H22N8O3S. The largest absolute Gasteiger partial charge is 0.497 e. The maximum atomic E-state index is 11.5. The Morgan fingerprint density at radius 1 is 0.800 bits per heavy atom. The van der Waals surface area contributed by atoms with E-state index in [0.717, 1.165) is 17.0 Å². The van der Waals surface area contributed by atoms with Gasteiger partial charge in [-0.05, 0) is 66.2 Å². The molecular weight excluding hydrogens is 468 g/mol. The third kappa shape index (κ3) is 6.72. The summed E-state index contributed by atoms with van der Waals surface area (Å²) in [4.78, 5) is 13.1. The maximum Gasteiger partial charge on any atom is 0.250 e. The molecule has 0 atom stereocenters. The van der Waals surface area contributed by atoms with Gasteiger partial charge in [-0.25, -0.2) is 19.0 Å². The third-order valence-corrected chi connectivity index (χ3v) is 5.53. The Morgan fingerprint density at radius 2 is 1.37 bits per heavy atom. The highest BCUT2D eigenvalue weighted by molar-refractivity contribution is 7.89. The Bertz CT molecular complexity index is 1410. The average molecular weight is 491 g/mol. The van der Waals surface area contributed by atoms with Crippen molar-refractivity contribution in [3.05, 3.63) is 84.4 Å². The number of hydrogen-bond donors (Lipinski definition) is 4. The second-order valence-corrected chi connectivity index (χ2v) is 8.70. The standard InChI is InChI=1S/C23H22N8O3S/c1-34-19-11-7-16(8-12-19)15-25-31-23-29-21(26-17-5-3-2-4-6-17)28-22(30-23)27-18-9-13-20(14-10-18)35(24,32)33/h2-15H,1H3,(H2,24,32,33)(H3,26,27,28,29,30,31)/b25-15+. The molecule has 0 saturated heterocycles. The van der Waals surface area contributed by atoms with Gasteiger partial charge in [0.15, 0.2) is 0 Å². The Labute approximate surface area is 202 Å². The van der Waals surface area contributed by atoms with E-state index in [1.54, 1.807) is 25.5 Å². The van der Waals surface area contributed by atoms with Crippen LogP contribution < -0.4 is 25.9 Å². The number of nitrogens with two attached hydrogens (primary N) is 1. The van der Waals surface area contributed by atoms with E-state index in [1.807, 2.05) is 54.6 Å². The summed E-state index contributed by atoms with van der Waals surface area (Å²) in [6, 6.07) is 22.7. The van der Waals surface area contributed by atoms with Gasteiger partial charge < -0.3 is 15.4 Å². The number of nitrogens with one attached hydrogen (secondary N) is 3. The SMILES string of the molecule is COc1ccc(/C=N/Nc2nc(Nc3ccccc3)nc(Nc3ccc(S(N)(=O)=O)cc3)n2)cc1. The summed E-state index contributed by atoms with van der Waals surface area (Å²) < 4.78 is 28.1. The predicted octanol–water partition coefficient (Wildman–Crippen LogP) is 3.46. The van der Waals surface area contributed by atoms with Gasteiger partial charge in [0.25, 0.3) is 0 Å². The molecule has 0 aliphatic rings. The lowest BCUT2D eigenvalue weighted by atomic mass is 10.2. The lowest BCUT2D eigenvalue weighted by molar-refractivity contribution is 0.415. The van der Waals surface area contributed by atoms with Crippen LogP contribution >= 0.6 is 0 Å². The van der Waals surface area contributed by atoms with Gasteiger partial charge in [-0.2, -0.15) is 20.1 Å². The predicted molar refractivity (Wildman–Crippen MR) is 135 cm³/mol. The minimum absolute atomic E-state index is 0.000329. The van der Waals surface area contributed by atoms with Crippen molar-refractivity contribution in [2.75, 3.05) is 23.2 Å². The van der Waals surface area contributed by atoms with Crippen LogP contribution in [0.25, 0.3) is 0 Å². The summed E-state index contributed by atoms with van der Waals surface area (Å²) in [6.45, 7) is 0. The highest BCUT2D eigenvalue weighted by atomic mass is 32.2. The van der Waals surface area contributed by atoms with E-state index in [4.69, 9.17) is 9.88 Å². The van der Waals surface area contributed by atoms with Crippen molar-refractivity contribution < 1.29 is 13.2 Å². The second kappa shape index (κ2) is 10.6. The fourth-order valence-corrected chi connectivity index (χ4v) is 3.42. The van der Waals surface area contributed by atoms with E-state index in [1.165, 1.54) is 12.1 Å². The van der Waals surface area contributed by atoms with Crippen LogP contribution in [0.2, 0.25) is 0 Å². The minimum atomic E-state index is -3.79. The van der Waals surface area contributed by atoms with Crippen molar-refractivity contribution in [3.8, 4) is 5.75 Å². The normalized spacial score (nSPS) is 11.3. The average Bonchev–Trinajstić information content (AvgIpc) is 2.85. The first-order valence-electron chi connectivity index (χ1n) is 10.3. The quantitative estimate of drug-likeness (QED) is 0.204. The molecule has 0 amide bonds. The van der Waals surface area contributed by atoms with Crippen LogP contribution in [0.1, 0.15) is 5.56 Å². The van der Waals surface area contributed by atoms with E-state index in [9.17, 15) is 8.42 Å². The zero-order chi connectivity index (χ0) is 24.7. The van der Waals surface area contributed by atoms with E-state index in [0.29, 0.717) is 5.69 Å². The topological polar surface area (TPSA) is 157 Å².